The monoisotopic (exact) mass is 462 g/mol. The standard InChI is InChI=1S/C22H27FN4O4S/c1-14(2)30-22(28)26-9-6-16(7-10-26)31-21-17-8-11-27(20(17)24-13-25-21)15-4-5-19(32(3)29)18(23)12-15/h4-5,12-14,16H,6-11H2,1-3H3/t32-/m1/s1. The van der Waals surface area contributed by atoms with Crippen LogP contribution in [0, 0.1) is 5.82 Å². The molecule has 1 atom stereocenters. The molecule has 32 heavy (non-hydrogen) atoms. The van der Waals surface area contributed by atoms with Crippen molar-refractivity contribution in [1.82, 2.24) is 14.9 Å². The maximum absolute atomic E-state index is 14.4. The molecule has 0 N–H and O–H groups in total. The zero-order chi connectivity index (χ0) is 22.8. The molecule has 3 heterocycles. The van der Waals surface area contributed by atoms with Crippen molar-refractivity contribution >= 4 is 28.4 Å². The van der Waals surface area contributed by atoms with E-state index < -0.39 is 16.6 Å². The summed E-state index contributed by atoms with van der Waals surface area (Å²) in [6, 6.07) is 4.69. The maximum Gasteiger partial charge on any atom is 0.410 e. The van der Waals surface area contributed by atoms with Crippen LogP contribution in [0.3, 0.4) is 0 Å². The summed E-state index contributed by atoms with van der Waals surface area (Å²) < 4.78 is 37.4. The Morgan fingerprint density at radius 1 is 1.22 bits per heavy atom. The molecule has 0 radical (unpaired) electrons. The summed E-state index contributed by atoms with van der Waals surface area (Å²) in [6.07, 6.45) is 4.48. The van der Waals surface area contributed by atoms with Crippen LogP contribution in [-0.2, 0) is 22.0 Å². The van der Waals surface area contributed by atoms with Crippen molar-refractivity contribution in [3.63, 3.8) is 0 Å². The molecule has 2 aliphatic heterocycles. The van der Waals surface area contributed by atoms with Crippen LogP contribution in [-0.4, -0.2) is 63.3 Å². The smallest absolute Gasteiger partial charge is 0.410 e. The highest BCUT2D eigenvalue weighted by atomic mass is 32.2. The third kappa shape index (κ3) is 4.69. The van der Waals surface area contributed by atoms with E-state index in [9.17, 15) is 13.4 Å². The maximum atomic E-state index is 14.4. The normalized spacial score (nSPS) is 17.4. The van der Waals surface area contributed by atoms with Crippen LogP contribution in [0.15, 0.2) is 29.4 Å². The number of likely N-dealkylation sites (tertiary alicyclic amines) is 1. The number of hydrogen-bond donors (Lipinski definition) is 0. The molecule has 1 aromatic carbocycles. The molecular weight excluding hydrogens is 435 g/mol. The first kappa shape index (κ1) is 22.4. The van der Waals surface area contributed by atoms with Gasteiger partial charge < -0.3 is 19.3 Å². The van der Waals surface area contributed by atoms with E-state index in [4.69, 9.17) is 9.47 Å². The van der Waals surface area contributed by atoms with Crippen molar-refractivity contribution in [1.29, 1.82) is 0 Å². The Bertz CT molecular complexity index is 1030. The minimum atomic E-state index is -1.38. The van der Waals surface area contributed by atoms with E-state index in [1.807, 2.05) is 18.7 Å². The van der Waals surface area contributed by atoms with Crippen molar-refractivity contribution in [2.24, 2.45) is 0 Å². The highest BCUT2D eigenvalue weighted by Gasteiger charge is 2.30. The van der Waals surface area contributed by atoms with E-state index in [1.54, 1.807) is 17.0 Å². The summed E-state index contributed by atoms with van der Waals surface area (Å²) in [6.45, 7) is 5.43. The van der Waals surface area contributed by atoms with Crippen molar-refractivity contribution in [3.05, 3.63) is 35.9 Å². The molecule has 1 fully saturated rings. The van der Waals surface area contributed by atoms with Crippen LogP contribution < -0.4 is 9.64 Å². The number of piperidine rings is 1. The number of hydrogen-bond acceptors (Lipinski definition) is 7. The van der Waals surface area contributed by atoms with Gasteiger partial charge in [0.15, 0.2) is 0 Å². The Morgan fingerprint density at radius 2 is 1.97 bits per heavy atom. The van der Waals surface area contributed by atoms with Gasteiger partial charge in [0.2, 0.25) is 5.88 Å². The molecule has 0 spiro atoms. The number of aromatic nitrogens is 2. The van der Waals surface area contributed by atoms with Crippen molar-refractivity contribution in [2.75, 3.05) is 30.8 Å². The second kappa shape index (κ2) is 9.40. The lowest BCUT2D eigenvalue weighted by atomic mass is 10.1. The summed E-state index contributed by atoms with van der Waals surface area (Å²) in [4.78, 5) is 24.6. The van der Waals surface area contributed by atoms with Crippen molar-refractivity contribution < 1.29 is 22.9 Å². The number of carbonyl (C=O) groups excluding carboxylic acids is 1. The molecule has 0 unspecified atom stereocenters. The number of carbonyl (C=O) groups is 1. The summed E-state index contributed by atoms with van der Waals surface area (Å²) in [5.41, 5.74) is 1.54. The largest absolute Gasteiger partial charge is 0.474 e. The van der Waals surface area contributed by atoms with E-state index in [0.29, 0.717) is 56.3 Å². The summed E-state index contributed by atoms with van der Waals surface area (Å²) in [7, 11) is -1.38. The SMILES string of the molecule is CC(C)OC(=O)N1CCC(Oc2ncnc3c2CCN3c2ccc([S@@](C)=O)c(F)c2)CC1. The predicted molar refractivity (Wildman–Crippen MR) is 118 cm³/mol. The van der Waals surface area contributed by atoms with Crippen LogP contribution in [0.1, 0.15) is 32.3 Å². The quantitative estimate of drug-likeness (QED) is 0.673. The third-order valence-electron chi connectivity index (χ3n) is 5.58. The molecular formula is C22H27FN4O4S. The molecule has 2 aromatic rings. The predicted octanol–water partition coefficient (Wildman–Crippen LogP) is 3.44. The second-order valence-corrected chi connectivity index (χ2v) is 9.54. The van der Waals surface area contributed by atoms with Gasteiger partial charge in [0.25, 0.3) is 0 Å². The Kier molecular flexibility index (Phi) is 6.59. The molecule has 1 aromatic heterocycles. The van der Waals surface area contributed by atoms with E-state index in [1.165, 1.54) is 18.6 Å². The number of nitrogens with zero attached hydrogens (tertiary/aromatic N) is 4. The van der Waals surface area contributed by atoms with E-state index >= 15 is 0 Å². The number of ether oxygens (including phenoxy) is 2. The van der Waals surface area contributed by atoms with Crippen molar-refractivity contribution in [3.8, 4) is 5.88 Å². The molecule has 4 rings (SSSR count). The Hall–Kier alpha value is -2.75. The first-order valence-electron chi connectivity index (χ1n) is 10.7. The van der Waals surface area contributed by atoms with Gasteiger partial charge in [-0.05, 0) is 38.5 Å². The second-order valence-electron chi connectivity index (χ2n) is 8.19. The van der Waals surface area contributed by atoms with Gasteiger partial charge in [-0.25, -0.2) is 19.2 Å². The van der Waals surface area contributed by atoms with Gasteiger partial charge in [-0.3, -0.25) is 4.21 Å². The molecule has 172 valence electrons. The molecule has 1 saturated heterocycles. The average molecular weight is 463 g/mol. The minimum Gasteiger partial charge on any atom is -0.474 e. The number of rotatable bonds is 5. The van der Waals surface area contributed by atoms with Crippen LogP contribution in [0.4, 0.5) is 20.7 Å². The number of halogens is 1. The van der Waals surface area contributed by atoms with E-state index in [-0.39, 0.29) is 23.2 Å². The fourth-order valence-corrected chi connectivity index (χ4v) is 4.60. The number of amides is 1. The summed E-state index contributed by atoms with van der Waals surface area (Å²) >= 11 is 0. The Balaban J connectivity index is 1.45. The fourth-order valence-electron chi connectivity index (χ4n) is 4.00. The molecule has 0 saturated carbocycles. The minimum absolute atomic E-state index is 0.0533. The highest BCUT2D eigenvalue weighted by molar-refractivity contribution is 7.84. The lowest BCUT2D eigenvalue weighted by molar-refractivity contribution is 0.0505. The third-order valence-corrected chi connectivity index (χ3v) is 6.53. The van der Waals surface area contributed by atoms with Crippen LogP contribution in [0.2, 0.25) is 0 Å². The highest BCUT2D eigenvalue weighted by Crippen LogP contribution is 2.37. The number of fused-ring (bicyclic) bond motifs is 1. The van der Waals surface area contributed by atoms with Gasteiger partial charge in [0.05, 0.1) is 27.4 Å². The zero-order valence-corrected chi connectivity index (χ0v) is 19.2. The number of anilines is 2. The Morgan fingerprint density at radius 3 is 2.62 bits per heavy atom. The molecule has 10 heteroatoms. The van der Waals surface area contributed by atoms with Crippen molar-refractivity contribution in [2.45, 2.75) is 50.2 Å². The first-order valence-corrected chi connectivity index (χ1v) is 12.3. The first-order chi connectivity index (χ1) is 15.3. The lowest BCUT2D eigenvalue weighted by Gasteiger charge is -2.32. The average Bonchev–Trinajstić information content (AvgIpc) is 3.18. The van der Waals surface area contributed by atoms with Gasteiger partial charge >= 0.3 is 6.09 Å². The van der Waals surface area contributed by atoms with Crippen LogP contribution >= 0.6 is 0 Å². The summed E-state index contributed by atoms with van der Waals surface area (Å²) in [5, 5.41) is 0. The molecule has 0 aliphatic carbocycles. The van der Waals surface area contributed by atoms with Gasteiger partial charge in [-0.1, -0.05) is 0 Å². The fraction of sp³-hybridized carbons (Fsp3) is 0.500. The van der Waals surface area contributed by atoms with Gasteiger partial charge in [0, 0.05) is 44.4 Å². The topological polar surface area (TPSA) is 84.9 Å². The number of benzene rings is 1. The zero-order valence-electron chi connectivity index (χ0n) is 18.4. The molecule has 2 aliphatic rings. The van der Waals surface area contributed by atoms with Gasteiger partial charge in [-0.15, -0.1) is 0 Å². The van der Waals surface area contributed by atoms with E-state index in [0.717, 1.165) is 5.56 Å². The van der Waals surface area contributed by atoms with Gasteiger partial charge in [0.1, 0.15) is 24.1 Å². The van der Waals surface area contributed by atoms with Crippen LogP contribution in [0.5, 0.6) is 5.88 Å². The van der Waals surface area contributed by atoms with Crippen LogP contribution in [0.25, 0.3) is 0 Å². The summed E-state index contributed by atoms with van der Waals surface area (Å²) in [5.74, 6) is 0.732. The Labute approximate surface area is 189 Å². The van der Waals surface area contributed by atoms with Gasteiger partial charge in [-0.2, -0.15) is 0 Å². The molecule has 0 bridgehead atoms. The lowest BCUT2D eigenvalue weighted by Crippen LogP contribution is -2.42. The van der Waals surface area contributed by atoms with E-state index in [2.05, 4.69) is 9.97 Å². The molecule has 1 amide bonds. The molecule has 8 nitrogen and oxygen atoms in total.